The molecular formula is C12H19N3O4S. The second kappa shape index (κ2) is 5.92. The number of nitrogens with one attached hydrogen (secondary N) is 1. The highest BCUT2D eigenvalue weighted by Gasteiger charge is 2.25. The van der Waals surface area contributed by atoms with Gasteiger partial charge in [-0.15, -0.1) is 0 Å². The number of fused-ring (bicyclic) bond motifs is 1. The molecule has 20 heavy (non-hydrogen) atoms. The van der Waals surface area contributed by atoms with Crippen molar-refractivity contribution in [2.24, 2.45) is 0 Å². The van der Waals surface area contributed by atoms with Crippen LogP contribution >= 0.6 is 0 Å². The van der Waals surface area contributed by atoms with Gasteiger partial charge < -0.3 is 9.42 Å². The summed E-state index contributed by atoms with van der Waals surface area (Å²) in [5, 5.41) is 3.87. The van der Waals surface area contributed by atoms with Crippen molar-refractivity contribution in [2.45, 2.75) is 25.7 Å². The molecule has 0 spiro atoms. The molecule has 7 nitrogen and oxygen atoms in total. The van der Waals surface area contributed by atoms with Crippen molar-refractivity contribution < 1.29 is 17.7 Å². The number of carbonyl (C=O) groups excluding carboxylic acids is 1. The van der Waals surface area contributed by atoms with Gasteiger partial charge in [0, 0.05) is 32.1 Å². The molecule has 1 aromatic heterocycles. The van der Waals surface area contributed by atoms with Crippen LogP contribution in [0.4, 0.5) is 0 Å². The Morgan fingerprint density at radius 3 is 2.80 bits per heavy atom. The summed E-state index contributed by atoms with van der Waals surface area (Å²) >= 11 is 0. The zero-order valence-corrected chi connectivity index (χ0v) is 12.5. The fraction of sp³-hybridized carbons (Fsp3) is 0.667. The van der Waals surface area contributed by atoms with Crippen LogP contribution in [0.5, 0.6) is 0 Å². The molecule has 112 valence electrons. The molecule has 0 unspecified atom stereocenters. The van der Waals surface area contributed by atoms with E-state index in [-0.39, 0.29) is 19.0 Å². The number of amides is 1. The van der Waals surface area contributed by atoms with Gasteiger partial charge in [0.05, 0.1) is 6.26 Å². The SMILES string of the molecule is CN(CCNS(C)(=O)=O)C(=O)c1noc2c1CCCC2. The number of rotatable bonds is 5. The molecule has 0 saturated carbocycles. The van der Waals surface area contributed by atoms with Crippen molar-refractivity contribution in [2.75, 3.05) is 26.4 Å². The third kappa shape index (κ3) is 3.57. The molecule has 2 rings (SSSR count). The van der Waals surface area contributed by atoms with E-state index in [2.05, 4.69) is 9.88 Å². The van der Waals surface area contributed by atoms with Crippen LogP contribution in [-0.4, -0.2) is 50.8 Å². The first-order valence-electron chi connectivity index (χ1n) is 6.56. The minimum absolute atomic E-state index is 0.182. The van der Waals surface area contributed by atoms with Crippen LogP contribution in [0.1, 0.15) is 34.7 Å². The summed E-state index contributed by atoms with van der Waals surface area (Å²) in [6.07, 6.45) is 4.82. The third-order valence-electron chi connectivity index (χ3n) is 3.31. The van der Waals surface area contributed by atoms with E-state index in [0.29, 0.717) is 5.69 Å². The first-order chi connectivity index (χ1) is 9.38. The van der Waals surface area contributed by atoms with E-state index < -0.39 is 10.0 Å². The van der Waals surface area contributed by atoms with Crippen LogP contribution < -0.4 is 4.72 Å². The minimum Gasteiger partial charge on any atom is -0.360 e. The standard InChI is InChI=1S/C12H19N3O4S/c1-15(8-7-13-20(2,17)18)12(16)11-9-5-3-4-6-10(9)19-14-11/h13H,3-8H2,1-2H3. The normalized spacial score (nSPS) is 14.9. The summed E-state index contributed by atoms with van der Waals surface area (Å²) in [5.41, 5.74) is 1.27. The molecule has 1 aromatic rings. The zero-order chi connectivity index (χ0) is 14.8. The van der Waals surface area contributed by atoms with Crippen LogP contribution in [0, 0.1) is 0 Å². The molecule has 0 saturated heterocycles. The van der Waals surface area contributed by atoms with Gasteiger partial charge in [0.2, 0.25) is 10.0 Å². The van der Waals surface area contributed by atoms with E-state index >= 15 is 0 Å². The van der Waals surface area contributed by atoms with Gasteiger partial charge >= 0.3 is 0 Å². The molecule has 0 aromatic carbocycles. The van der Waals surface area contributed by atoms with Gasteiger partial charge in [0.15, 0.2) is 5.69 Å². The van der Waals surface area contributed by atoms with Crippen molar-refractivity contribution in [3.05, 3.63) is 17.0 Å². The number of aromatic nitrogens is 1. The third-order valence-corrected chi connectivity index (χ3v) is 4.04. The Morgan fingerprint density at radius 2 is 2.10 bits per heavy atom. The maximum atomic E-state index is 12.3. The highest BCUT2D eigenvalue weighted by Crippen LogP contribution is 2.24. The van der Waals surface area contributed by atoms with Crippen LogP contribution in [0.2, 0.25) is 0 Å². The first-order valence-corrected chi connectivity index (χ1v) is 8.45. The zero-order valence-electron chi connectivity index (χ0n) is 11.7. The predicted molar refractivity (Wildman–Crippen MR) is 73.0 cm³/mol. The van der Waals surface area contributed by atoms with Crippen LogP contribution in [0.15, 0.2) is 4.52 Å². The van der Waals surface area contributed by atoms with Gasteiger partial charge in [0.25, 0.3) is 5.91 Å². The van der Waals surface area contributed by atoms with Crippen molar-refractivity contribution in [1.29, 1.82) is 0 Å². The molecule has 1 N–H and O–H groups in total. The van der Waals surface area contributed by atoms with Crippen LogP contribution in [0.25, 0.3) is 0 Å². The first kappa shape index (κ1) is 15.0. The van der Waals surface area contributed by atoms with E-state index in [4.69, 9.17) is 4.52 Å². The fourth-order valence-corrected chi connectivity index (χ4v) is 2.70. The van der Waals surface area contributed by atoms with E-state index in [1.807, 2.05) is 0 Å². The number of aryl methyl sites for hydroxylation is 1. The average Bonchev–Trinajstić information content (AvgIpc) is 2.80. The Morgan fingerprint density at radius 1 is 1.40 bits per heavy atom. The predicted octanol–water partition coefficient (Wildman–Crippen LogP) is 0.175. The lowest BCUT2D eigenvalue weighted by atomic mass is 9.96. The van der Waals surface area contributed by atoms with Crippen molar-refractivity contribution in [1.82, 2.24) is 14.8 Å². The molecule has 0 fully saturated rings. The largest absolute Gasteiger partial charge is 0.360 e. The smallest absolute Gasteiger partial charge is 0.276 e. The summed E-state index contributed by atoms with van der Waals surface area (Å²) in [5.74, 6) is 0.578. The monoisotopic (exact) mass is 301 g/mol. The molecular weight excluding hydrogens is 282 g/mol. The molecule has 1 aliphatic rings. The van der Waals surface area contributed by atoms with E-state index in [1.165, 1.54) is 4.90 Å². The number of hydrogen-bond acceptors (Lipinski definition) is 5. The van der Waals surface area contributed by atoms with Gasteiger partial charge in [-0.05, 0) is 19.3 Å². The highest BCUT2D eigenvalue weighted by molar-refractivity contribution is 7.88. The van der Waals surface area contributed by atoms with Gasteiger partial charge in [-0.2, -0.15) is 0 Å². The van der Waals surface area contributed by atoms with E-state index in [0.717, 1.165) is 43.3 Å². The Hall–Kier alpha value is -1.41. The Labute approximate surface area is 118 Å². The summed E-state index contributed by atoms with van der Waals surface area (Å²) in [7, 11) is -1.61. The maximum Gasteiger partial charge on any atom is 0.276 e. The lowest BCUT2D eigenvalue weighted by Crippen LogP contribution is -2.36. The maximum absolute atomic E-state index is 12.3. The molecule has 0 atom stereocenters. The molecule has 1 heterocycles. The highest BCUT2D eigenvalue weighted by atomic mass is 32.2. The molecule has 0 aliphatic heterocycles. The number of likely N-dealkylation sites (N-methyl/N-ethyl adjacent to an activating group) is 1. The molecule has 0 radical (unpaired) electrons. The summed E-state index contributed by atoms with van der Waals surface area (Å²) < 4.78 is 29.5. The molecule has 1 aliphatic carbocycles. The average molecular weight is 301 g/mol. The quantitative estimate of drug-likeness (QED) is 0.837. The van der Waals surface area contributed by atoms with Gasteiger partial charge in [-0.1, -0.05) is 5.16 Å². The van der Waals surface area contributed by atoms with Gasteiger partial charge in [0.1, 0.15) is 5.76 Å². The lowest BCUT2D eigenvalue weighted by Gasteiger charge is -2.17. The fourth-order valence-electron chi connectivity index (χ4n) is 2.23. The van der Waals surface area contributed by atoms with Crippen LogP contribution in [0.3, 0.4) is 0 Å². The Bertz CT molecular complexity index is 594. The van der Waals surface area contributed by atoms with Crippen molar-refractivity contribution in [3.63, 3.8) is 0 Å². The topological polar surface area (TPSA) is 92.5 Å². The number of nitrogens with zero attached hydrogens (tertiary/aromatic N) is 2. The van der Waals surface area contributed by atoms with Crippen molar-refractivity contribution >= 4 is 15.9 Å². The molecule has 8 heteroatoms. The van der Waals surface area contributed by atoms with Crippen molar-refractivity contribution in [3.8, 4) is 0 Å². The molecule has 1 amide bonds. The second-order valence-corrected chi connectivity index (χ2v) is 6.87. The van der Waals surface area contributed by atoms with Crippen LogP contribution in [-0.2, 0) is 22.9 Å². The Kier molecular flexibility index (Phi) is 4.44. The summed E-state index contributed by atoms with van der Waals surface area (Å²) in [6.45, 7) is 0.467. The molecule has 0 bridgehead atoms. The number of carbonyl (C=O) groups is 1. The summed E-state index contributed by atoms with van der Waals surface area (Å²) in [4.78, 5) is 13.7. The summed E-state index contributed by atoms with van der Waals surface area (Å²) in [6, 6.07) is 0. The number of sulfonamides is 1. The van der Waals surface area contributed by atoms with Gasteiger partial charge in [-0.25, -0.2) is 13.1 Å². The number of hydrogen-bond donors (Lipinski definition) is 1. The Balaban J connectivity index is 1.98. The lowest BCUT2D eigenvalue weighted by molar-refractivity contribution is 0.0786. The van der Waals surface area contributed by atoms with E-state index in [1.54, 1.807) is 7.05 Å². The van der Waals surface area contributed by atoms with Gasteiger partial charge in [-0.3, -0.25) is 4.79 Å². The minimum atomic E-state index is -3.24. The van der Waals surface area contributed by atoms with E-state index in [9.17, 15) is 13.2 Å². The second-order valence-electron chi connectivity index (χ2n) is 5.03.